The number of benzene rings is 2. The molecular weight excluding hydrogens is 293 g/mol. The van der Waals surface area contributed by atoms with Gasteiger partial charge < -0.3 is 10.3 Å². The first kappa shape index (κ1) is 15.0. The molecule has 0 saturated heterocycles. The second-order valence-electron chi connectivity index (χ2n) is 5.11. The summed E-state index contributed by atoms with van der Waals surface area (Å²) in [4.78, 5) is 19.5. The van der Waals surface area contributed by atoms with E-state index < -0.39 is 11.7 Å². The van der Waals surface area contributed by atoms with E-state index in [0.29, 0.717) is 13.0 Å². The number of hydrogen-bond acceptors (Lipinski definition) is 2. The van der Waals surface area contributed by atoms with Gasteiger partial charge in [0.25, 0.3) is 5.91 Å². The molecule has 4 nitrogen and oxygen atoms in total. The lowest BCUT2D eigenvalue weighted by atomic mass is 10.2. The first-order valence-corrected chi connectivity index (χ1v) is 7.36. The van der Waals surface area contributed by atoms with Crippen molar-refractivity contribution in [2.24, 2.45) is 0 Å². The molecule has 0 fully saturated rings. The van der Waals surface area contributed by atoms with Gasteiger partial charge in [-0.05, 0) is 12.1 Å². The average molecular weight is 309 g/mol. The lowest BCUT2D eigenvalue weighted by molar-refractivity contribution is 0.0950. The maximum atomic E-state index is 13.5. The van der Waals surface area contributed by atoms with Crippen LogP contribution in [0.15, 0.2) is 60.8 Å². The number of H-pyrrole nitrogens is 1. The van der Waals surface area contributed by atoms with Crippen LogP contribution in [0.1, 0.15) is 16.1 Å². The van der Waals surface area contributed by atoms with Crippen LogP contribution in [-0.4, -0.2) is 22.4 Å². The van der Waals surface area contributed by atoms with Gasteiger partial charge in [-0.25, -0.2) is 9.37 Å². The van der Waals surface area contributed by atoms with E-state index in [-0.39, 0.29) is 5.56 Å². The number of aromatic nitrogens is 2. The summed E-state index contributed by atoms with van der Waals surface area (Å²) in [6.07, 6.45) is 2.34. The second-order valence-corrected chi connectivity index (χ2v) is 5.11. The molecule has 23 heavy (non-hydrogen) atoms. The molecule has 0 unspecified atom stereocenters. The van der Waals surface area contributed by atoms with E-state index in [4.69, 9.17) is 0 Å². The van der Waals surface area contributed by atoms with E-state index >= 15 is 0 Å². The van der Waals surface area contributed by atoms with Crippen molar-refractivity contribution in [2.75, 3.05) is 6.54 Å². The fourth-order valence-corrected chi connectivity index (χ4v) is 2.28. The number of nitrogens with one attached hydrogen (secondary N) is 2. The topological polar surface area (TPSA) is 57.8 Å². The molecule has 5 heteroatoms. The number of aromatic amines is 1. The van der Waals surface area contributed by atoms with Gasteiger partial charge in [-0.3, -0.25) is 4.79 Å². The van der Waals surface area contributed by atoms with Crippen LogP contribution in [0.2, 0.25) is 0 Å². The Labute approximate surface area is 133 Å². The fraction of sp³-hybridized carbons (Fsp3) is 0.111. The third-order valence-corrected chi connectivity index (χ3v) is 3.47. The number of rotatable bonds is 5. The third-order valence-electron chi connectivity index (χ3n) is 3.47. The Bertz CT molecular complexity index is 799. The highest BCUT2D eigenvalue weighted by atomic mass is 19.1. The molecule has 0 aliphatic rings. The SMILES string of the molecule is O=C(NCCc1cnc(-c2ccccc2)[nH]1)c1ccccc1F. The molecule has 116 valence electrons. The van der Waals surface area contributed by atoms with Crippen LogP contribution in [0.25, 0.3) is 11.4 Å². The standard InChI is InChI=1S/C18H16FN3O/c19-16-9-5-4-8-15(16)18(23)20-11-10-14-12-21-17(22-14)13-6-2-1-3-7-13/h1-9,12H,10-11H2,(H,20,23)(H,21,22). The minimum atomic E-state index is -0.516. The Kier molecular flexibility index (Phi) is 4.47. The van der Waals surface area contributed by atoms with Crippen molar-refractivity contribution in [3.63, 3.8) is 0 Å². The Balaban J connectivity index is 1.56. The summed E-state index contributed by atoms with van der Waals surface area (Å²) in [6.45, 7) is 0.406. The summed E-state index contributed by atoms with van der Waals surface area (Å²) in [5.41, 5.74) is 1.98. The number of hydrogen-bond donors (Lipinski definition) is 2. The summed E-state index contributed by atoms with van der Waals surface area (Å²) in [6, 6.07) is 15.7. The summed E-state index contributed by atoms with van der Waals surface area (Å²) >= 11 is 0. The average Bonchev–Trinajstić information content (AvgIpc) is 3.05. The molecule has 0 bridgehead atoms. The highest BCUT2D eigenvalue weighted by molar-refractivity contribution is 5.94. The predicted octanol–water partition coefficient (Wildman–Crippen LogP) is 3.19. The van der Waals surface area contributed by atoms with E-state index in [2.05, 4.69) is 15.3 Å². The van der Waals surface area contributed by atoms with Crippen LogP contribution < -0.4 is 5.32 Å². The van der Waals surface area contributed by atoms with Gasteiger partial charge in [0.15, 0.2) is 0 Å². The van der Waals surface area contributed by atoms with Crippen LogP contribution in [-0.2, 0) is 6.42 Å². The summed E-state index contributed by atoms with van der Waals surface area (Å²) in [5, 5.41) is 2.71. The molecule has 0 spiro atoms. The largest absolute Gasteiger partial charge is 0.352 e. The summed E-state index contributed by atoms with van der Waals surface area (Å²) < 4.78 is 13.5. The zero-order chi connectivity index (χ0) is 16.1. The van der Waals surface area contributed by atoms with Gasteiger partial charge >= 0.3 is 0 Å². The lowest BCUT2D eigenvalue weighted by Gasteiger charge is -2.05. The zero-order valence-corrected chi connectivity index (χ0v) is 12.4. The van der Waals surface area contributed by atoms with Crippen molar-refractivity contribution >= 4 is 5.91 Å². The molecule has 1 heterocycles. The highest BCUT2D eigenvalue weighted by Gasteiger charge is 2.10. The molecule has 0 radical (unpaired) electrons. The highest BCUT2D eigenvalue weighted by Crippen LogP contribution is 2.14. The number of amides is 1. The van der Waals surface area contributed by atoms with Crippen LogP contribution in [0.5, 0.6) is 0 Å². The number of nitrogens with zero attached hydrogens (tertiary/aromatic N) is 1. The third kappa shape index (κ3) is 3.63. The smallest absolute Gasteiger partial charge is 0.254 e. The lowest BCUT2D eigenvalue weighted by Crippen LogP contribution is -2.26. The Hall–Kier alpha value is -2.95. The summed E-state index contributed by atoms with van der Waals surface area (Å²) in [5.74, 6) is -0.134. The van der Waals surface area contributed by atoms with E-state index in [1.165, 1.54) is 12.1 Å². The van der Waals surface area contributed by atoms with Crippen LogP contribution in [0, 0.1) is 5.82 Å². The van der Waals surface area contributed by atoms with Gasteiger partial charge in [-0.2, -0.15) is 0 Å². The minimum Gasteiger partial charge on any atom is -0.352 e. The van der Waals surface area contributed by atoms with E-state index in [9.17, 15) is 9.18 Å². The quantitative estimate of drug-likeness (QED) is 0.760. The Morgan fingerprint density at radius 3 is 2.61 bits per heavy atom. The maximum absolute atomic E-state index is 13.5. The van der Waals surface area contributed by atoms with Gasteiger partial charge in [0.2, 0.25) is 0 Å². The van der Waals surface area contributed by atoms with Gasteiger partial charge in [0.1, 0.15) is 11.6 Å². The number of halogens is 1. The van der Waals surface area contributed by atoms with Crippen molar-refractivity contribution in [2.45, 2.75) is 6.42 Å². The molecule has 0 aliphatic carbocycles. The zero-order valence-electron chi connectivity index (χ0n) is 12.4. The van der Waals surface area contributed by atoms with Crippen molar-refractivity contribution in [1.29, 1.82) is 0 Å². The molecule has 1 aromatic heterocycles. The van der Waals surface area contributed by atoms with Crippen LogP contribution in [0.3, 0.4) is 0 Å². The summed E-state index contributed by atoms with van der Waals surface area (Å²) in [7, 11) is 0. The Morgan fingerprint density at radius 1 is 1.09 bits per heavy atom. The molecule has 0 atom stereocenters. The number of imidazole rings is 1. The molecule has 0 saturated carbocycles. The van der Waals surface area contributed by atoms with Gasteiger partial charge in [-0.15, -0.1) is 0 Å². The van der Waals surface area contributed by atoms with Crippen LogP contribution >= 0.6 is 0 Å². The molecule has 3 rings (SSSR count). The first-order chi connectivity index (χ1) is 11.2. The molecule has 0 aliphatic heterocycles. The fourth-order valence-electron chi connectivity index (χ4n) is 2.28. The van der Waals surface area contributed by atoms with Crippen LogP contribution in [0.4, 0.5) is 4.39 Å². The minimum absolute atomic E-state index is 0.0575. The Morgan fingerprint density at radius 2 is 1.83 bits per heavy atom. The van der Waals surface area contributed by atoms with Gasteiger partial charge in [-0.1, -0.05) is 42.5 Å². The van der Waals surface area contributed by atoms with E-state index in [1.54, 1.807) is 18.3 Å². The number of carbonyl (C=O) groups is 1. The second kappa shape index (κ2) is 6.87. The number of carbonyl (C=O) groups excluding carboxylic acids is 1. The van der Waals surface area contributed by atoms with Crippen molar-refractivity contribution in [3.8, 4) is 11.4 Å². The normalized spacial score (nSPS) is 10.5. The van der Waals surface area contributed by atoms with Crippen molar-refractivity contribution in [1.82, 2.24) is 15.3 Å². The monoisotopic (exact) mass is 309 g/mol. The van der Waals surface area contributed by atoms with E-state index in [1.807, 2.05) is 30.3 Å². The molecule has 3 aromatic rings. The molecule has 1 amide bonds. The van der Waals surface area contributed by atoms with Gasteiger partial charge in [0.05, 0.1) is 5.56 Å². The van der Waals surface area contributed by atoms with Crippen molar-refractivity contribution < 1.29 is 9.18 Å². The molecule has 2 N–H and O–H groups in total. The maximum Gasteiger partial charge on any atom is 0.254 e. The van der Waals surface area contributed by atoms with Gasteiger partial charge in [0, 0.05) is 30.4 Å². The first-order valence-electron chi connectivity index (χ1n) is 7.36. The molecular formula is C18H16FN3O. The van der Waals surface area contributed by atoms with E-state index in [0.717, 1.165) is 17.1 Å². The van der Waals surface area contributed by atoms with Crippen molar-refractivity contribution in [3.05, 3.63) is 77.9 Å². The predicted molar refractivity (Wildman–Crippen MR) is 86.5 cm³/mol. The molecule has 2 aromatic carbocycles.